The zero-order valence-electron chi connectivity index (χ0n) is 15.2. The van der Waals surface area contributed by atoms with Gasteiger partial charge in [-0.15, -0.1) is 0 Å². The van der Waals surface area contributed by atoms with Crippen molar-refractivity contribution in [1.29, 1.82) is 0 Å². The van der Waals surface area contributed by atoms with Crippen molar-refractivity contribution in [3.8, 4) is 0 Å². The Morgan fingerprint density at radius 1 is 1.23 bits per heavy atom. The molecule has 0 saturated heterocycles. The van der Waals surface area contributed by atoms with Gasteiger partial charge in [-0.25, -0.2) is 4.39 Å². The van der Waals surface area contributed by atoms with Gasteiger partial charge in [0.2, 0.25) is 0 Å². The maximum atomic E-state index is 13.3. The van der Waals surface area contributed by atoms with Crippen LogP contribution in [0.4, 0.5) is 10.1 Å². The number of anilines is 1. The van der Waals surface area contributed by atoms with Crippen molar-refractivity contribution in [1.82, 2.24) is 9.88 Å². The Morgan fingerprint density at radius 2 is 1.92 bits per heavy atom. The molecule has 7 heteroatoms. The summed E-state index contributed by atoms with van der Waals surface area (Å²) >= 11 is 0. The van der Waals surface area contributed by atoms with Gasteiger partial charge in [0.15, 0.2) is 0 Å². The number of nitrogens with zero attached hydrogens (tertiary/aromatic N) is 1. The largest absolute Gasteiger partial charge is 0.347 e. The molecule has 0 bridgehead atoms. The molecule has 0 spiro atoms. The third-order valence-corrected chi connectivity index (χ3v) is 4.11. The highest BCUT2D eigenvalue weighted by atomic mass is 19.1. The van der Waals surface area contributed by atoms with E-state index in [4.69, 9.17) is 0 Å². The van der Waals surface area contributed by atoms with Crippen molar-refractivity contribution in [3.05, 3.63) is 53.1 Å². The van der Waals surface area contributed by atoms with Crippen LogP contribution in [0.5, 0.6) is 0 Å². The quantitative estimate of drug-likeness (QED) is 0.615. The number of Topliss-reactive ketones (excluding diaryl/α,β-unsaturated/α-hetero) is 1. The van der Waals surface area contributed by atoms with Crippen molar-refractivity contribution in [3.63, 3.8) is 0 Å². The van der Waals surface area contributed by atoms with Crippen molar-refractivity contribution < 1.29 is 18.8 Å². The van der Waals surface area contributed by atoms with Crippen LogP contribution in [-0.4, -0.2) is 28.2 Å². The predicted octanol–water partition coefficient (Wildman–Crippen LogP) is 2.82. The molecule has 2 aromatic rings. The normalized spacial score (nSPS) is 11.7. The van der Waals surface area contributed by atoms with Crippen LogP contribution in [0.25, 0.3) is 0 Å². The van der Waals surface area contributed by atoms with E-state index in [0.29, 0.717) is 17.7 Å². The number of halogens is 1. The molecule has 0 aliphatic rings. The number of hydrogen-bond donors (Lipinski definition) is 2. The van der Waals surface area contributed by atoms with Crippen LogP contribution < -0.4 is 10.6 Å². The first kappa shape index (κ1) is 19.4. The third kappa shape index (κ3) is 4.36. The van der Waals surface area contributed by atoms with Gasteiger partial charge in [-0.05, 0) is 50.1 Å². The first-order valence-corrected chi connectivity index (χ1v) is 8.32. The smallest absolute Gasteiger partial charge is 0.292 e. The van der Waals surface area contributed by atoms with Gasteiger partial charge in [0.05, 0.1) is 0 Å². The second kappa shape index (κ2) is 7.95. The zero-order chi connectivity index (χ0) is 19.4. The fraction of sp³-hybridized carbons (Fsp3) is 0.316. The van der Waals surface area contributed by atoms with Gasteiger partial charge in [0, 0.05) is 30.5 Å². The van der Waals surface area contributed by atoms with E-state index in [0.717, 1.165) is 0 Å². The number of rotatable bonds is 6. The van der Waals surface area contributed by atoms with E-state index in [2.05, 4.69) is 10.6 Å². The second-order valence-electron chi connectivity index (χ2n) is 6.25. The minimum atomic E-state index is -0.703. The molecule has 2 rings (SSSR count). The molecule has 2 amide bonds. The molecule has 0 radical (unpaired) electrons. The van der Waals surface area contributed by atoms with Crippen molar-refractivity contribution in [2.75, 3.05) is 5.32 Å². The third-order valence-electron chi connectivity index (χ3n) is 4.11. The average molecular weight is 359 g/mol. The highest BCUT2D eigenvalue weighted by molar-refractivity contribution is 6.43. The highest BCUT2D eigenvalue weighted by Gasteiger charge is 2.22. The van der Waals surface area contributed by atoms with Gasteiger partial charge in [-0.2, -0.15) is 0 Å². The molecule has 26 heavy (non-hydrogen) atoms. The van der Waals surface area contributed by atoms with E-state index in [1.165, 1.54) is 35.0 Å². The topological polar surface area (TPSA) is 80.2 Å². The number of benzene rings is 1. The Labute approximate surface area is 151 Å². The number of carbonyl (C=O) groups excluding carboxylic acids is 3. The maximum absolute atomic E-state index is 13.3. The first-order valence-electron chi connectivity index (χ1n) is 8.32. The summed E-state index contributed by atoms with van der Waals surface area (Å²) in [6, 6.07) is 5.49. The summed E-state index contributed by atoms with van der Waals surface area (Å²) in [7, 11) is 1.61. The molecule has 138 valence electrons. The average Bonchev–Trinajstić information content (AvgIpc) is 2.99. The van der Waals surface area contributed by atoms with E-state index in [1.54, 1.807) is 20.9 Å². The zero-order valence-corrected chi connectivity index (χ0v) is 15.2. The van der Waals surface area contributed by atoms with Crippen molar-refractivity contribution >= 4 is 23.3 Å². The molecule has 0 aliphatic heterocycles. The molecule has 1 heterocycles. The number of carbonyl (C=O) groups is 3. The second-order valence-corrected chi connectivity index (χ2v) is 6.25. The predicted molar refractivity (Wildman–Crippen MR) is 96.7 cm³/mol. The van der Waals surface area contributed by atoms with Gasteiger partial charge in [-0.3, -0.25) is 14.4 Å². The summed E-state index contributed by atoms with van der Waals surface area (Å²) in [5.74, 6) is -2.22. The summed E-state index contributed by atoms with van der Waals surface area (Å²) in [4.78, 5) is 36.6. The molecule has 2 N–H and O–H groups in total. The van der Waals surface area contributed by atoms with Gasteiger partial charge in [0.1, 0.15) is 11.5 Å². The fourth-order valence-electron chi connectivity index (χ4n) is 2.35. The minimum Gasteiger partial charge on any atom is -0.347 e. The van der Waals surface area contributed by atoms with Crippen LogP contribution in [0, 0.1) is 12.7 Å². The van der Waals surface area contributed by atoms with E-state index >= 15 is 0 Å². The number of aryl methyl sites for hydroxylation is 2. The van der Waals surface area contributed by atoms with Crippen LogP contribution in [-0.2, 0) is 11.8 Å². The SMILES string of the molecule is CCC(C)NC(=O)C(=O)c1cc(C(=O)Nc2ccc(F)c(C)c2)n(C)c1. The number of amides is 2. The lowest BCUT2D eigenvalue weighted by Crippen LogP contribution is -2.37. The molecule has 0 saturated carbocycles. The Hall–Kier alpha value is -2.96. The molecule has 1 aromatic heterocycles. The van der Waals surface area contributed by atoms with Crippen LogP contribution in [0.1, 0.15) is 46.7 Å². The van der Waals surface area contributed by atoms with Gasteiger partial charge >= 0.3 is 0 Å². The molecule has 1 aromatic carbocycles. The standard InChI is InChI=1S/C19H22FN3O3/c1-5-12(3)21-19(26)17(24)13-9-16(23(4)10-13)18(25)22-14-6-7-15(20)11(2)8-14/h6-10,12H,5H2,1-4H3,(H,21,26)(H,22,25). The van der Waals surface area contributed by atoms with Gasteiger partial charge in [0.25, 0.3) is 17.6 Å². The van der Waals surface area contributed by atoms with E-state index in [9.17, 15) is 18.8 Å². The lowest BCUT2D eigenvalue weighted by Gasteiger charge is -2.09. The van der Waals surface area contributed by atoms with Crippen LogP contribution in [0.2, 0.25) is 0 Å². The lowest BCUT2D eigenvalue weighted by molar-refractivity contribution is -0.117. The van der Waals surface area contributed by atoms with E-state index in [1.807, 2.05) is 6.92 Å². The Kier molecular flexibility index (Phi) is 5.92. The summed E-state index contributed by atoms with van der Waals surface area (Å²) in [5, 5.41) is 5.25. The summed E-state index contributed by atoms with van der Waals surface area (Å²) in [6.07, 6.45) is 2.14. The lowest BCUT2D eigenvalue weighted by atomic mass is 10.1. The summed E-state index contributed by atoms with van der Waals surface area (Å²) in [6.45, 7) is 5.30. The summed E-state index contributed by atoms with van der Waals surface area (Å²) < 4.78 is 14.8. The molecular formula is C19H22FN3O3. The molecular weight excluding hydrogens is 337 g/mol. The van der Waals surface area contributed by atoms with Gasteiger partial charge < -0.3 is 15.2 Å². The molecule has 0 aliphatic carbocycles. The van der Waals surface area contributed by atoms with Crippen LogP contribution >= 0.6 is 0 Å². The monoisotopic (exact) mass is 359 g/mol. The number of nitrogens with one attached hydrogen (secondary N) is 2. The van der Waals surface area contributed by atoms with Crippen LogP contribution in [0.15, 0.2) is 30.5 Å². The maximum Gasteiger partial charge on any atom is 0.292 e. The molecule has 6 nitrogen and oxygen atoms in total. The number of aromatic nitrogens is 1. The number of ketones is 1. The van der Waals surface area contributed by atoms with Crippen molar-refractivity contribution in [2.45, 2.75) is 33.2 Å². The van der Waals surface area contributed by atoms with Gasteiger partial charge in [-0.1, -0.05) is 6.92 Å². The van der Waals surface area contributed by atoms with Crippen LogP contribution in [0.3, 0.4) is 0 Å². The first-order chi connectivity index (χ1) is 12.2. The Balaban J connectivity index is 2.15. The highest BCUT2D eigenvalue weighted by Crippen LogP contribution is 2.16. The Morgan fingerprint density at radius 3 is 2.54 bits per heavy atom. The molecule has 1 atom stereocenters. The minimum absolute atomic E-state index is 0.111. The fourth-order valence-corrected chi connectivity index (χ4v) is 2.35. The molecule has 0 fully saturated rings. The molecule has 1 unspecified atom stereocenters. The van der Waals surface area contributed by atoms with E-state index < -0.39 is 17.6 Å². The van der Waals surface area contributed by atoms with Crippen molar-refractivity contribution in [2.24, 2.45) is 7.05 Å². The van der Waals surface area contributed by atoms with E-state index in [-0.39, 0.29) is 23.1 Å². The summed E-state index contributed by atoms with van der Waals surface area (Å²) in [5.41, 5.74) is 1.20. The number of hydrogen-bond acceptors (Lipinski definition) is 3. The Bertz CT molecular complexity index is 858.